The smallest absolute Gasteiger partial charge is 0.274 e. The van der Waals surface area contributed by atoms with Crippen molar-refractivity contribution < 1.29 is 9.90 Å². The average Bonchev–Trinajstić information content (AvgIpc) is 2.31. The van der Waals surface area contributed by atoms with Crippen molar-refractivity contribution in [2.24, 2.45) is 5.92 Å². The van der Waals surface area contributed by atoms with Crippen LogP contribution >= 0.6 is 34.8 Å². The minimum atomic E-state index is -0.835. The molecule has 104 valence electrons. The molecule has 7 heteroatoms. The molecule has 1 N–H and O–H groups in total. The van der Waals surface area contributed by atoms with E-state index in [1.807, 2.05) is 13.8 Å². The number of likely N-dealkylation sites (tertiary alicyclic amines) is 1. The molecule has 19 heavy (non-hydrogen) atoms. The summed E-state index contributed by atoms with van der Waals surface area (Å²) in [4.78, 5) is 17.6. The largest absolute Gasteiger partial charge is 0.386 e. The number of carbonyl (C=O) groups is 1. The van der Waals surface area contributed by atoms with Crippen LogP contribution in [0.5, 0.6) is 0 Å². The number of β-amino-alcohol motifs (C(OH)–C–C–N with tert-alkyl or cyclic N) is 1. The monoisotopic (exact) mass is 322 g/mol. The third kappa shape index (κ3) is 2.55. The van der Waals surface area contributed by atoms with Crippen molar-refractivity contribution in [3.8, 4) is 0 Å². The Bertz CT molecular complexity index is 528. The van der Waals surface area contributed by atoms with Gasteiger partial charge in [0.05, 0.1) is 28.2 Å². The van der Waals surface area contributed by atoms with Gasteiger partial charge in [0.25, 0.3) is 5.91 Å². The fraction of sp³-hybridized carbons (Fsp3) is 0.500. The molecule has 1 fully saturated rings. The molecular formula is C12H13Cl3N2O2. The maximum atomic E-state index is 12.2. The molecule has 1 saturated heterocycles. The first-order valence-electron chi connectivity index (χ1n) is 5.77. The van der Waals surface area contributed by atoms with Crippen molar-refractivity contribution in [1.29, 1.82) is 0 Å². The van der Waals surface area contributed by atoms with Gasteiger partial charge in [-0.25, -0.2) is 4.98 Å². The zero-order chi connectivity index (χ0) is 14.4. The van der Waals surface area contributed by atoms with Crippen LogP contribution in [0.15, 0.2) is 6.20 Å². The minimum Gasteiger partial charge on any atom is -0.386 e. The van der Waals surface area contributed by atoms with E-state index in [0.717, 1.165) is 0 Å². The van der Waals surface area contributed by atoms with Crippen LogP contribution in [0.3, 0.4) is 0 Å². The molecule has 1 aliphatic heterocycles. The average molecular weight is 324 g/mol. The van der Waals surface area contributed by atoms with Crippen LogP contribution in [0, 0.1) is 5.92 Å². The fourth-order valence-corrected chi connectivity index (χ4v) is 2.43. The topological polar surface area (TPSA) is 53.4 Å². The van der Waals surface area contributed by atoms with Gasteiger partial charge in [0, 0.05) is 6.20 Å². The van der Waals surface area contributed by atoms with Gasteiger partial charge in [-0.05, 0) is 5.92 Å². The highest BCUT2D eigenvalue weighted by atomic mass is 35.5. The molecule has 0 atom stereocenters. The van der Waals surface area contributed by atoms with E-state index in [4.69, 9.17) is 34.8 Å². The highest BCUT2D eigenvalue weighted by Gasteiger charge is 2.46. The second-order valence-corrected chi connectivity index (χ2v) is 6.17. The van der Waals surface area contributed by atoms with Crippen molar-refractivity contribution in [3.05, 3.63) is 27.0 Å². The predicted molar refractivity (Wildman–Crippen MR) is 75.0 cm³/mol. The zero-order valence-corrected chi connectivity index (χ0v) is 12.7. The standard InChI is InChI=1S/C12H13Cl3N2O2/c1-6(2)12(19)4-17(5-12)11(18)10-9(15)8(14)7(13)3-16-10/h3,6,19H,4-5H2,1-2H3. The van der Waals surface area contributed by atoms with Gasteiger partial charge in [-0.3, -0.25) is 4.79 Å². The first-order chi connectivity index (χ1) is 8.76. The van der Waals surface area contributed by atoms with E-state index in [1.54, 1.807) is 0 Å². The number of pyridine rings is 1. The lowest BCUT2D eigenvalue weighted by molar-refractivity contribution is -0.111. The second-order valence-electron chi connectivity index (χ2n) is 5.00. The summed E-state index contributed by atoms with van der Waals surface area (Å²) in [6.45, 7) is 4.35. The van der Waals surface area contributed by atoms with Crippen molar-refractivity contribution in [3.63, 3.8) is 0 Å². The molecule has 1 aliphatic rings. The molecule has 0 radical (unpaired) electrons. The van der Waals surface area contributed by atoms with Gasteiger partial charge in [-0.1, -0.05) is 48.7 Å². The maximum absolute atomic E-state index is 12.2. The quantitative estimate of drug-likeness (QED) is 0.910. The highest BCUT2D eigenvalue weighted by Crippen LogP contribution is 2.34. The number of rotatable bonds is 2. The molecule has 0 aliphatic carbocycles. The number of nitrogens with zero attached hydrogens (tertiary/aromatic N) is 2. The van der Waals surface area contributed by atoms with E-state index in [1.165, 1.54) is 11.1 Å². The normalized spacial score (nSPS) is 17.5. The number of carbonyl (C=O) groups excluding carboxylic acids is 1. The first-order valence-corrected chi connectivity index (χ1v) is 6.91. The SMILES string of the molecule is CC(C)C1(O)CN(C(=O)c2ncc(Cl)c(Cl)c2Cl)C1. The van der Waals surface area contributed by atoms with Crippen LogP contribution in [-0.4, -0.2) is 39.6 Å². The van der Waals surface area contributed by atoms with Crippen LogP contribution < -0.4 is 0 Å². The van der Waals surface area contributed by atoms with Gasteiger partial charge in [0.1, 0.15) is 11.3 Å². The Labute approximate surface area is 126 Å². The number of halogens is 3. The van der Waals surface area contributed by atoms with Crippen molar-refractivity contribution in [1.82, 2.24) is 9.88 Å². The molecule has 1 amide bonds. The minimum absolute atomic E-state index is 0.0409. The van der Waals surface area contributed by atoms with E-state index in [2.05, 4.69) is 4.98 Å². The lowest BCUT2D eigenvalue weighted by Gasteiger charge is -2.48. The molecule has 0 unspecified atom stereocenters. The summed E-state index contributed by atoms with van der Waals surface area (Å²) in [6.07, 6.45) is 1.29. The van der Waals surface area contributed by atoms with Gasteiger partial charge >= 0.3 is 0 Å². The summed E-state index contributed by atoms with van der Waals surface area (Å²) in [5.41, 5.74) is -0.778. The molecule has 0 aromatic carbocycles. The Morgan fingerprint density at radius 1 is 1.37 bits per heavy atom. The lowest BCUT2D eigenvalue weighted by Crippen LogP contribution is -2.66. The summed E-state index contributed by atoms with van der Waals surface area (Å²) in [5, 5.41) is 10.5. The van der Waals surface area contributed by atoms with Gasteiger partial charge in [-0.2, -0.15) is 0 Å². The van der Waals surface area contributed by atoms with E-state index in [0.29, 0.717) is 0 Å². The summed E-state index contributed by atoms with van der Waals surface area (Å²) in [5.74, 6) is -0.275. The van der Waals surface area contributed by atoms with Crippen molar-refractivity contribution in [2.75, 3.05) is 13.1 Å². The molecule has 2 rings (SSSR count). The van der Waals surface area contributed by atoms with Crippen molar-refractivity contribution in [2.45, 2.75) is 19.4 Å². The van der Waals surface area contributed by atoms with Crippen LogP contribution in [-0.2, 0) is 0 Å². The highest BCUT2D eigenvalue weighted by molar-refractivity contribution is 6.48. The third-order valence-electron chi connectivity index (χ3n) is 3.41. The number of aliphatic hydroxyl groups is 1. The number of hydrogen-bond donors (Lipinski definition) is 1. The lowest BCUT2D eigenvalue weighted by atomic mass is 9.83. The second kappa shape index (κ2) is 5.09. The van der Waals surface area contributed by atoms with Gasteiger partial charge in [0.2, 0.25) is 0 Å². The first kappa shape index (κ1) is 14.9. The number of amides is 1. The van der Waals surface area contributed by atoms with E-state index < -0.39 is 5.60 Å². The zero-order valence-electron chi connectivity index (χ0n) is 10.5. The van der Waals surface area contributed by atoms with Crippen molar-refractivity contribution >= 4 is 40.7 Å². The summed E-state index contributed by atoms with van der Waals surface area (Å²) in [6, 6.07) is 0. The van der Waals surface area contributed by atoms with Crippen LogP contribution in [0.4, 0.5) is 0 Å². The summed E-state index contributed by atoms with van der Waals surface area (Å²) < 4.78 is 0. The molecule has 0 bridgehead atoms. The molecule has 2 heterocycles. The number of aromatic nitrogens is 1. The van der Waals surface area contributed by atoms with Crippen LogP contribution in [0.25, 0.3) is 0 Å². The Morgan fingerprint density at radius 3 is 2.47 bits per heavy atom. The summed E-state index contributed by atoms with van der Waals surface area (Å²) >= 11 is 17.6. The third-order valence-corrected chi connectivity index (χ3v) is 4.65. The molecule has 4 nitrogen and oxygen atoms in total. The number of hydrogen-bond acceptors (Lipinski definition) is 3. The Kier molecular flexibility index (Phi) is 3.98. The van der Waals surface area contributed by atoms with E-state index in [9.17, 15) is 9.90 Å². The van der Waals surface area contributed by atoms with Crippen LogP contribution in [0.2, 0.25) is 15.1 Å². The maximum Gasteiger partial charge on any atom is 0.274 e. The van der Waals surface area contributed by atoms with Gasteiger partial charge in [-0.15, -0.1) is 0 Å². The van der Waals surface area contributed by atoms with E-state index in [-0.39, 0.29) is 45.7 Å². The molecule has 0 saturated carbocycles. The van der Waals surface area contributed by atoms with Gasteiger partial charge in [0.15, 0.2) is 0 Å². The Balaban J connectivity index is 2.18. The van der Waals surface area contributed by atoms with Crippen LogP contribution in [0.1, 0.15) is 24.3 Å². The van der Waals surface area contributed by atoms with Gasteiger partial charge < -0.3 is 10.0 Å². The fourth-order valence-electron chi connectivity index (χ4n) is 1.87. The summed E-state index contributed by atoms with van der Waals surface area (Å²) in [7, 11) is 0. The molecular weight excluding hydrogens is 311 g/mol. The molecule has 0 spiro atoms. The Morgan fingerprint density at radius 2 is 1.95 bits per heavy atom. The molecule has 1 aromatic heterocycles. The molecule has 1 aromatic rings. The predicted octanol–water partition coefficient (Wildman–Crippen LogP) is 2.88. The Hall–Kier alpha value is -0.550. The van der Waals surface area contributed by atoms with E-state index >= 15 is 0 Å².